The van der Waals surface area contributed by atoms with Gasteiger partial charge in [-0.25, -0.2) is 0 Å². The molecule has 0 aliphatic rings. The molecule has 1 rings (SSSR count). The predicted octanol–water partition coefficient (Wildman–Crippen LogP) is 2.88. The molecule has 2 N–H and O–H groups in total. The molecule has 1 amide bonds. The van der Waals surface area contributed by atoms with E-state index in [1.807, 2.05) is 31.3 Å². The standard InChI is InChI=1S/C20H33N3O3/c1-23(2)16-18(14-20(25)26)22-19(24)12-8-6-4-3-5-7-10-17-11-9-13-21-15-17/h9,11,13,15,18H,3-8,10,12,14,16H2,1-2H3,(H,22,24)(H,25,26)/t18-/m1/s1. The highest BCUT2D eigenvalue weighted by Crippen LogP contribution is 2.10. The van der Waals surface area contributed by atoms with Crippen LogP contribution >= 0.6 is 0 Å². The van der Waals surface area contributed by atoms with E-state index in [0.717, 1.165) is 25.7 Å². The molecule has 0 spiro atoms. The van der Waals surface area contributed by atoms with Crippen molar-refractivity contribution in [3.63, 3.8) is 0 Å². The lowest BCUT2D eigenvalue weighted by Crippen LogP contribution is -2.42. The fraction of sp³-hybridized carbons (Fsp3) is 0.650. The van der Waals surface area contributed by atoms with Crippen LogP contribution in [0, 0.1) is 0 Å². The number of aryl methyl sites for hydroxylation is 1. The van der Waals surface area contributed by atoms with Crippen LogP contribution < -0.4 is 5.32 Å². The number of carbonyl (C=O) groups is 2. The Hall–Kier alpha value is -1.95. The van der Waals surface area contributed by atoms with Crippen molar-refractivity contribution in [1.29, 1.82) is 0 Å². The zero-order chi connectivity index (χ0) is 19.2. The number of amides is 1. The highest BCUT2D eigenvalue weighted by molar-refractivity contribution is 5.77. The van der Waals surface area contributed by atoms with Gasteiger partial charge >= 0.3 is 5.97 Å². The molecule has 0 unspecified atom stereocenters. The number of carboxylic acids is 1. The second kappa shape index (κ2) is 13.3. The first kappa shape index (κ1) is 22.1. The van der Waals surface area contributed by atoms with Crippen LogP contribution in [0.4, 0.5) is 0 Å². The number of likely N-dealkylation sites (N-methyl/N-ethyl adjacent to an activating group) is 1. The van der Waals surface area contributed by atoms with Crippen molar-refractivity contribution in [2.75, 3.05) is 20.6 Å². The van der Waals surface area contributed by atoms with E-state index in [-0.39, 0.29) is 18.4 Å². The zero-order valence-electron chi connectivity index (χ0n) is 16.1. The van der Waals surface area contributed by atoms with Gasteiger partial charge in [-0.2, -0.15) is 0 Å². The molecule has 0 bridgehead atoms. The molecule has 6 heteroatoms. The quantitative estimate of drug-likeness (QED) is 0.497. The lowest BCUT2D eigenvalue weighted by atomic mass is 10.1. The Morgan fingerprint density at radius 1 is 1.15 bits per heavy atom. The maximum Gasteiger partial charge on any atom is 0.305 e. The Bertz CT molecular complexity index is 520. The van der Waals surface area contributed by atoms with Crippen LogP contribution in [-0.4, -0.2) is 53.5 Å². The molecule has 1 heterocycles. The van der Waals surface area contributed by atoms with Crippen molar-refractivity contribution in [1.82, 2.24) is 15.2 Å². The van der Waals surface area contributed by atoms with E-state index in [2.05, 4.69) is 16.4 Å². The first-order valence-electron chi connectivity index (χ1n) is 9.52. The maximum absolute atomic E-state index is 12.0. The highest BCUT2D eigenvalue weighted by Gasteiger charge is 2.16. The molecule has 0 aliphatic heterocycles. The topological polar surface area (TPSA) is 82.5 Å². The summed E-state index contributed by atoms with van der Waals surface area (Å²) < 4.78 is 0. The normalized spacial score (nSPS) is 12.1. The van der Waals surface area contributed by atoms with Gasteiger partial charge < -0.3 is 15.3 Å². The number of carbonyl (C=O) groups excluding carboxylic acids is 1. The van der Waals surface area contributed by atoms with Crippen molar-refractivity contribution in [3.8, 4) is 0 Å². The van der Waals surface area contributed by atoms with Crippen LogP contribution in [0.3, 0.4) is 0 Å². The van der Waals surface area contributed by atoms with Crippen LogP contribution in [-0.2, 0) is 16.0 Å². The monoisotopic (exact) mass is 363 g/mol. The number of hydrogen-bond donors (Lipinski definition) is 2. The van der Waals surface area contributed by atoms with E-state index in [4.69, 9.17) is 5.11 Å². The first-order chi connectivity index (χ1) is 12.5. The molecule has 26 heavy (non-hydrogen) atoms. The van der Waals surface area contributed by atoms with Crippen LogP contribution in [0.2, 0.25) is 0 Å². The van der Waals surface area contributed by atoms with Gasteiger partial charge in [0.15, 0.2) is 0 Å². The number of pyridine rings is 1. The molecule has 1 aromatic rings. The molecule has 0 saturated heterocycles. The Morgan fingerprint density at radius 3 is 2.46 bits per heavy atom. The van der Waals surface area contributed by atoms with Crippen molar-refractivity contribution >= 4 is 11.9 Å². The summed E-state index contributed by atoms with van der Waals surface area (Å²) in [5.41, 5.74) is 1.29. The molecule has 0 aromatic carbocycles. The summed E-state index contributed by atoms with van der Waals surface area (Å²) in [6.45, 7) is 0.537. The molecule has 1 aromatic heterocycles. The number of nitrogens with zero attached hydrogens (tertiary/aromatic N) is 2. The van der Waals surface area contributed by atoms with E-state index in [1.54, 1.807) is 6.20 Å². The number of unbranched alkanes of at least 4 members (excludes halogenated alkanes) is 5. The molecule has 0 saturated carbocycles. The number of rotatable bonds is 14. The molecule has 0 aliphatic carbocycles. The predicted molar refractivity (Wildman–Crippen MR) is 103 cm³/mol. The van der Waals surface area contributed by atoms with E-state index < -0.39 is 5.97 Å². The molecular weight excluding hydrogens is 330 g/mol. The lowest BCUT2D eigenvalue weighted by Gasteiger charge is -2.20. The molecular formula is C20H33N3O3. The Kier molecular flexibility index (Phi) is 11.3. The summed E-state index contributed by atoms with van der Waals surface area (Å²) in [5, 5.41) is 11.8. The second-order valence-corrected chi connectivity index (χ2v) is 7.11. The molecule has 6 nitrogen and oxygen atoms in total. The van der Waals surface area contributed by atoms with Crippen LogP contribution in [0.5, 0.6) is 0 Å². The lowest BCUT2D eigenvalue weighted by molar-refractivity contribution is -0.137. The van der Waals surface area contributed by atoms with Gasteiger partial charge in [-0.3, -0.25) is 14.6 Å². The summed E-state index contributed by atoms with van der Waals surface area (Å²) in [6.07, 6.45) is 11.8. The third kappa shape index (κ3) is 11.6. The minimum atomic E-state index is -0.886. The summed E-state index contributed by atoms with van der Waals surface area (Å²) in [4.78, 5) is 28.9. The number of hydrogen-bond acceptors (Lipinski definition) is 4. The number of nitrogens with one attached hydrogen (secondary N) is 1. The van der Waals surface area contributed by atoms with Gasteiger partial charge in [-0.15, -0.1) is 0 Å². The Balaban J connectivity index is 2.05. The minimum Gasteiger partial charge on any atom is -0.481 e. The fourth-order valence-corrected chi connectivity index (χ4v) is 2.98. The zero-order valence-corrected chi connectivity index (χ0v) is 16.1. The average Bonchev–Trinajstić information content (AvgIpc) is 2.57. The molecule has 146 valence electrons. The molecule has 0 radical (unpaired) electrons. The first-order valence-corrected chi connectivity index (χ1v) is 9.52. The van der Waals surface area contributed by atoms with Gasteiger partial charge in [0, 0.05) is 25.4 Å². The van der Waals surface area contributed by atoms with Gasteiger partial charge in [0.1, 0.15) is 0 Å². The van der Waals surface area contributed by atoms with E-state index in [0.29, 0.717) is 13.0 Å². The third-order valence-electron chi connectivity index (χ3n) is 4.21. The van der Waals surface area contributed by atoms with Crippen LogP contribution in [0.15, 0.2) is 24.5 Å². The highest BCUT2D eigenvalue weighted by atomic mass is 16.4. The molecule has 1 atom stereocenters. The largest absolute Gasteiger partial charge is 0.481 e. The fourth-order valence-electron chi connectivity index (χ4n) is 2.98. The summed E-state index contributed by atoms with van der Waals surface area (Å²) >= 11 is 0. The van der Waals surface area contributed by atoms with Crippen LogP contribution in [0.25, 0.3) is 0 Å². The maximum atomic E-state index is 12.0. The number of carboxylic acid groups (broad SMARTS) is 1. The third-order valence-corrected chi connectivity index (χ3v) is 4.21. The van der Waals surface area contributed by atoms with Crippen LogP contribution in [0.1, 0.15) is 56.9 Å². The average molecular weight is 364 g/mol. The van der Waals surface area contributed by atoms with Gasteiger partial charge in [0.05, 0.1) is 12.5 Å². The van der Waals surface area contributed by atoms with E-state index in [1.165, 1.54) is 24.8 Å². The van der Waals surface area contributed by atoms with Crippen molar-refractivity contribution in [3.05, 3.63) is 30.1 Å². The smallest absolute Gasteiger partial charge is 0.305 e. The number of aromatic nitrogens is 1. The summed E-state index contributed by atoms with van der Waals surface area (Å²) in [5.74, 6) is -0.932. The van der Waals surface area contributed by atoms with Crippen molar-refractivity contribution in [2.24, 2.45) is 0 Å². The molecule has 0 fully saturated rings. The second-order valence-electron chi connectivity index (χ2n) is 7.11. The summed E-state index contributed by atoms with van der Waals surface area (Å²) in [7, 11) is 3.74. The Labute approximate surface area is 157 Å². The van der Waals surface area contributed by atoms with Gasteiger partial charge in [0.25, 0.3) is 0 Å². The Morgan fingerprint density at radius 2 is 1.85 bits per heavy atom. The van der Waals surface area contributed by atoms with Gasteiger partial charge in [-0.1, -0.05) is 31.7 Å². The van der Waals surface area contributed by atoms with E-state index >= 15 is 0 Å². The van der Waals surface area contributed by atoms with Crippen molar-refractivity contribution < 1.29 is 14.7 Å². The SMILES string of the molecule is CN(C)C[C@@H](CC(=O)O)NC(=O)CCCCCCCCc1cccnc1. The number of aliphatic carboxylic acids is 1. The van der Waals surface area contributed by atoms with Gasteiger partial charge in [0.2, 0.25) is 5.91 Å². The van der Waals surface area contributed by atoms with Gasteiger partial charge in [-0.05, 0) is 45.0 Å². The van der Waals surface area contributed by atoms with Crippen molar-refractivity contribution in [2.45, 2.75) is 63.8 Å². The minimum absolute atomic E-state index is 0.0408. The summed E-state index contributed by atoms with van der Waals surface area (Å²) in [6, 6.07) is 3.75. The van der Waals surface area contributed by atoms with E-state index in [9.17, 15) is 9.59 Å².